The number of β-amino-alcohol motifs (C(OH)–C–C–N with tert-alkyl or cyclic N) is 1. The van der Waals surface area contributed by atoms with Crippen molar-refractivity contribution in [3.63, 3.8) is 0 Å². The minimum Gasteiger partial charge on any atom is -0.495 e. The molecule has 1 aromatic rings. The zero-order valence-electron chi connectivity index (χ0n) is 10.0. The highest BCUT2D eigenvalue weighted by Gasteiger charge is 2.33. The second-order valence-corrected chi connectivity index (χ2v) is 6.12. The van der Waals surface area contributed by atoms with Crippen LogP contribution in [0.15, 0.2) is 23.1 Å². The summed E-state index contributed by atoms with van der Waals surface area (Å²) in [7, 11) is -2.26. The molecule has 0 aromatic heterocycles. The number of hydrogen-bond donors (Lipinski definition) is 2. The Bertz CT molecular complexity index is 544. The molecule has 18 heavy (non-hydrogen) atoms. The molecule has 7 heteroatoms. The van der Waals surface area contributed by atoms with E-state index >= 15 is 0 Å². The van der Waals surface area contributed by atoms with Gasteiger partial charge in [0.15, 0.2) is 0 Å². The van der Waals surface area contributed by atoms with Crippen LogP contribution < -0.4 is 10.5 Å². The van der Waals surface area contributed by atoms with Crippen LogP contribution in [0.5, 0.6) is 5.75 Å². The summed E-state index contributed by atoms with van der Waals surface area (Å²) in [4.78, 5) is 0.0408. The first-order chi connectivity index (χ1) is 8.45. The molecule has 1 fully saturated rings. The minimum atomic E-state index is -3.67. The van der Waals surface area contributed by atoms with Gasteiger partial charge >= 0.3 is 0 Å². The average molecular weight is 272 g/mol. The zero-order chi connectivity index (χ0) is 13.3. The van der Waals surface area contributed by atoms with Crippen molar-refractivity contribution in [2.45, 2.75) is 17.4 Å². The highest BCUT2D eigenvalue weighted by molar-refractivity contribution is 7.89. The molecule has 1 heterocycles. The molecule has 1 atom stereocenters. The van der Waals surface area contributed by atoms with Gasteiger partial charge in [-0.25, -0.2) is 8.42 Å². The molecular weight excluding hydrogens is 256 g/mol. The van der Waals surface area contributed by atoms with E-state index < -0.39 is 16.1 Å². The van der Waals surface area contributed by atoms with Crippen LogP contribution in [0.3, 0.4) is 0 Å². The lowest BCUT2D eigenvalue weighted by molar-refractivity contribution is 0.189. The van der Waals surface area contributed by atoms with Gasteiger partial charge in [0.25, 0.3) is 0 Å². The molecule has 0 aliphatic carbocycles. The Morgan fingerprint density at radius 3 is 2.78 bits per heavy atom. The molecule has 100 valence electrons. The summed E-state index contributed by atoms with van der Waals surface area (Å²) in [5.74, 6) is 0.255. The Hall–Kier alpha value is -1.31. The molecule has 0 radical (unpaired) electrons. The highest BCUT2D eigenvalue weighted by atomic mass is 32.2. The van der Waals surface area contributed by atoms with Crippen molar-refractivity contribution < 1.29 is 18.3 Å². The molecule has 0 saturated carbocycles. The van der Waals surface area contributed by atoms with E-state index in [4.69, 9.17) is 10.5 Å². The first kappa shape index (κ1) is 13.1. The van der Waals surface area contributed by atoms with Gasteiger partial charge in [0.2, 0.25) is 10.0 Å². The number of nitrogens with zero attached hydrogens (tertiary/aromatic N) is 1. The normalized spacial score (nSPS) is 21.1. The molecule has 3 N–H and O–H groups in total. The van der Waals surface area contributed by atoms with Crippen molar-refractivity contribution in [1.29, 1.82) is 0 Å². The number of anilines is 1. The van der Waals surface area contributed by atoms with Crippen LogP contribution in [0.25, 0.3) is 0 Å². The van der Waals surface area contributed by atoms with Gasteiger partial charge in [-0.05, 0) is 24.6 Å². The van der Waals surface area contributed by atoms with Gasteiger partial charge in [0.1, 0.15) is 10.6 Å². The lowest BCUT2D eigenvalue weighted by atomic mass is 10.3. The Labute approximate surface area is 106 Å². The van der Waals surface area contributed by atoms with Gasteiger partial charge < -0.3 is 15.6 Å². The van der Waals surface area contributed by atoms with Crippen molar-refractivity contribution in [1.82, 2.24) is 4.31 Å². The van der Waals surface area contributed by atoms with Crippen LogP contribution in [0.2, 0.25) is 0 Å². The summed E-state index contributed by atoms with van der Waals surface area (Å²) < 4.78 is 31.1. The topological polar surface area (TPSA) is 92.9 Å². The maximum atomic E-state index is 12.4. The fourth-order valence-corrected chi connectivity index (χ4v) is 3.65. The number of nitrogens with two attached hydrogens (primary N) is 1. The van der Waals surface area contributed by atoms with E-state index in [-0.39, 0.29) is 17.2 Å². The molecule has 0 bridgehead atoms. The van der Waals surface area contributed by atoms with Crippen molar-refractivity contribution in [2.24, 2.45) is 0 Å². The smallest absolute Gasteiger partial charge is 0.246 e. The summed E-state index contributed by atoms with van der Waals surface area (Å²) in [5, 5.41) is 9.43. The number of ether oxygens (including phenoxy) is 1. The first-order valence-corrected chi connectivity index (χ1v) is 7.01. The van der Waals surface area contributed by atoms with Crippen molar-refractivity contribution >= 4 is 15.7 Å². The first-order valence-electron chi connectivity index (χ1n) is 5.57. The van der Waals surface area contributed by atoms with Gasteiger partial charge in [-0.1, -0.05) is 0 Å². The van der Waals surface area contributed by atoms with E-state index in [9.17, 15) is 13.5 Å². The van der Waals surface area contributed by atoms with Gasteiger partial charge in [-0.15, -0.1) is 0 Å². The summed E-state index contributed by atoms with van der Waals surface area (Å²) in [6.07, 6.45) is -0.157. The van der Waals surface area contributed by atoms with Crippen LogP contribution in [0.1, 0.15) is 6.42 Å². The largest absolute Gasteiger partial charge is 0.495 e. The molecule has 1 aromatic carbocycles. The van der Waals surface area contributed by atoms with Crippen molar-refractivity contribution in [3.8, 4) is 5.75 Å². The minimum absolute atomic E-state index is 0.0408. The quantitative estimate of drug-likeness (QED) is 0.757. The maximum Gasteiger partial charge on any atom is 0.246 e. The standard InChI is InChI=1S/C11H16N2O4S/c1-17-10-3-2-8(12)6-11(10)18(15,16)13-5-4-9(14)7-13/h2-3,6,9,14H,4-5,7,12H2,1H3/t9-/m0/s1. The second kappa shape index (κ2) is 4.75. The Morgan fingerprint density at radius 1 is 1.50 bits per heavy atom. The van der Waals surface area contributed by atoms with E-state index in [2.05, 4.69) is 0 Å². The molecule has 6 nitrogen and oxygen atoms in total. The lowest BCUT2D eigenvalue weighted by Gasteiger charge is -2.18. The van der Waals surface area contributed by atoms with Gasteiger partial charge in [0, 0.05) is 18.8 Å². The summed E-state index contributed by atoms with van der Waals surface area (Å²) >= 11 is 0. The number of hydrogen-bond acceptors (Lipinski definition) is 5. The fourth-order valence-electron chi connectivity index (χ4n) is 1.96. The zero-order valence-corrected chi connectivity index (χ0v) is 10.9. The number of nitrogen functional groups attached to an aromatic ring is 1. The molecule has 0 unspecified atom stereocenters. The van der Waals surface area contributed by atoms with Crippen molar-refractivity contribution in [3.05, 3.63) is 18.2 Å². The molecule has 0 spiro atoms. The Balaban J connectivity index is 2.43. The Morgan fingerprint density at radius 2 is 2.22 bits per heavy atom. The number of sulfonamides is 1. The third-order valence-electron chi connectivity index (χ3n) is 2.93. The number of aliphatic hydroxyl groups is 1. The van der Waals surface area contributed by atoms with E-state index in [0.29, 0.717) is 18.7 Å². The van der Waals surface area contributed by atoms with Crippen LogP contribution in [-0.4, -0.2) is 44.1 Å². The molecule has 1 aliphatic rings. The number of methoxy groups -OCH3 is 1. The number of aliphatic hydroxyl groups excluding tert-OH is 1. The molecular formula is C11H16N2O4S. The van der Waals surface area contributed by atoms with Gasteiger partial charge in [0.05, 0.1) is 13.2 Å². The average Bonchev–Trinajstić information content (AvgIpc) is 2.76. The monoisotopic (exact) mass is 272 g/mol. The van der Waals surface area contributed by atoms with Crippen LogP contribution in [0, 0.1) is 0 Å². The van der Waals surface area contributed by atoms with Crippen LogP contribution in [-0.2, 0) is 10.0 Å². The Kier molecular flexibility index (Phi) is 3.47. The van der Waals surface area contributed by atoms with E-state index in [1.54, 1.807) is 6.07 Å². The van der Waals surface area contributed by atoms with Crippen molar-refractivity contribution in [2.75, 3.05) is 25.9 Å². The van der Waals surface area contributed by atoms with Gasteiger partial charge in [-0.3, -0.25) is 0 Å². The van der Waals surface area contributed by atoms with Crippen LogP contribution in [0.4, 0.5) is 5.69 Å². The maximum absolute atomic E-state index is 12.4. The highest BCUT2D eigenvalue weighted by Crippen LogP contribution is 2.30. The second-order valence-electron chi connectivity index (χ2n) is 4.22. The summed E-state index contributed by atoms with van der Waals surface area (Å²) in [6, 6.07) is 4.48. The number of rotatable bonds is 3. The predicted octanol–water partition coefficient (Wildman–Crippen LogP) is 0.0327. The lowest BCUT2D eigenvalue weighted by Crippen LogP contribution is -2.30. The molecule has 1 aliphatic heterocycles. The molecule has 1 saturated heterocycles. The van der Waals surface area contributed by atoms with E-state index in [0.717, 1.165) is 0 Å². The predicted molar refractivity (Wildman–Crippen MR) is 66.8 cm³/mol. The third-order valence-corrected chi connectivity index (χ3v) is 4.82. The summed E-state index contributed by atoms with van der Waals surface area (Å²) in [6.45, 7) is 0.418. The fraction of sp³-hybridized carbons (Fsp3) is 0.455. The van der Waals surface area contributed by atoms with E-state index in [1.807, 2.05) is 0 Å². The molecule has 0 amide bonds. The van der Waals surface area contributed by atoms with Crippen LogP contribution >= 0.6 is 0 Å². The third kappa shape index (κ3) is 2.29. The SMILES string of the molecule is COc1ccc(N)cc1S(=O)(=O)N1CC[C@H](O)C1. The van der Waals surface area contributed by atoms with Gasteiger partial charge in [-0.2, -0.15) is 4.31 Å². The number of benzene rings is 1. The van der Waals surface area contributed by atoms with E-state index in [1.165, 1.54) is 23.5 Å². The summed E-state index contributed by atoms with van der Waals surface area (Å²) in [5.41, 5.74) is 5.97. The molecule has 2 rings (SSSR count).